The van der Waals surface area contributed by atoms with Gasteiger partial charge in [-0.15, -0.1) is 0 Å². The molecule has 5 heteroatoms. The van der Waals surface area contributed by atoms with Crippen molar-refractivity contribution in [1.82, 2.24) is 5.06 Å². The summed E-state index contributed by atoms with van der Waals surface area (Å²) in [6.45, 7) is 0.783. The van der Waals surface area contributed by atoms with Crippen LogP contribution in [0.3, 0.4) is 0 Å². The third-order valence-electron chi connectivity index (χ3n) is 3.87. The van der Waals surface area contributed by atoms with E-state index in [-0.39, 0.29) is 5.91 Å². The minimum absolute atomic E-state index is 0.299. The van der Waals surface area contributed by atoms with Gasteiger partial charge in [-0.1, -0.05) is 49.6 Å². The molecule has 0 saturated carbocycles. The van der Waals surface area contributed by atoms with Crippen LogP contribution in [0.5, 0.6) is 0 Å². The maximum Gasteiger partial charge on any atom is 0.270 e. The van der Waals surface area contributed by atoms with Crippen LogP contribution < -0.4 is 5.73 Å². The van der Waals surface area contributed by atoms with E-state index in [9.17, 15) is 9.59 Å². The molecule has 0 bridgehead atoms. The Hall–Kier alpha value is -1.94. The van der Waals surface area contributed by atoms with Crippen molar-refractivity contribution in [1.29, 1.82) is 0 Å². The molecule has 1 aromatic carbocycles. The molecule has 118 valence electrons. The molecule has 0 radical (unpaired) electrons. The van der Waals surface area contributed by atoms with Crippen molar-refractivity contribution in [2.45, 2.75) is 44.2 Å². The zero-order chi connectivity index (χ0) is 15.8. The minimum atomic E-state index is -1.32. The number of amides is 1. The number of nitrogens with zero attached hydrogens (tertiary/aromatic N) is 1. The maximum absolute atomic E-state index is 12.6. The summed E-state index contributed by atoms with van der Waals surface area (Å²) >= 11 is 0. The summed E-state index contributed by atoms with van der Waals surface area (Å²) in [6.07, 6.45) is 5.24. The lowest BCUT2D eigenvalue weighted by atomic mass is 9.92. The quantitative estimate of drug-likeness (QED) is 0.863. The van der Waals surface area contributed by atoms with Crippen molar-refractivity contribution >= 4 is 11.8 Å². The predicted octanol–water partition coefficient (Wildman–Crippen LogP) is 2.00. The molecule has 1 aliphatic heterocycles. The average Bonchev–Trinajstić information content (AvgIpc) is 2.59. The van der Waals surface area contributed by atoms with E-state index in [0.717, 1.165) is 37.3 Å². The zero-order valence-electron chi connectivity index (χ0n) is 12.7. The second-order valence-corrected chi connectivity index (χ2v) is 5.63. The summed E-state index contributed by atoms with van der Waals surface area (Å²) in [5, 5.41) is 1.31. The first kappa shape index (κ1) is 16.4. The van der Waals surface area contributed by atoms with E-state index in [1.165, 1.54) is 5.06 Å². The van der Waals surface area contributed by atoms with Crippen LogP contribution in [-0.4, -0.2) is 29.0 Å². The topological polar surface area (TPSA) is 72.6 Å². The van der Waals surface area contributed by atoms with Crippen LogP contribution in [0.1, 0.15) is 37.7 Å². The van der Waals surface area contributed by atoms with Crippen molar-refractivity contribution in [2.24, 2.45) is 5.73 Å². The summed E-state index contributed by atoms with van der Waals surface area (Å²) in [7, 11) is 0. The summed E-state index contributed by atoms with van der Waals surface area (Å²) in [6, 6.07) is 9.63. The minimum Gasteiger partial charge on any atom is -0.313 e. The molecule has 1 amide bonds. The van der Waals surface area contributed by atoms with E-state index >= 15 is 0 Å². The number of nitrogens with two attached hydrogens (primary N) is 1. The molecule has 1 fully saturated rings. The Bertz CT molecular complexity index is 540. The first-order chi connectivity index (χ1) is 10.7. The molecule has 2 rings (SSSR count). The fraction of sp³-hybridized carbons (Fsp3) is 0.471. The van der Waals surface area contributed by atoms with Gasteiger partial charge in [0.1, 0.15) is 18.1 Å². The number of hydroxylamine groups is 2. The lowest BCUT2D eigenvalue weighted by molar-refractivity contribution is -0.195. The van der Waals surface area contributed by atoms with Gasteiger partial charge in [0.05, 0.1) is 0 Å². The molecule has 0 spiro atoms. The van der Waals surface area contributed by atoms with Crippen molar-refractivity contribution < 1.29 is 14.4 Å². The lowest BCUT2D eigenvalue weighted by Crippen LogP contribution is -2.54. The van der Waals surface area contributed by atoms with Crippen LogP contribution in [0, 0.1) is 0 Å². The lowest BCUT2D eigenvalue weighted by Gasteiger charge is -2.30. The summed E-state index contributed by atoms with van der Waals surface area (Å²) in [4.78, 5) is 29.0. The van der Waals surface area contributed by atoms with Gasteiger partial charge in [-0.3, -0.25) is 9.63 Å². The SMILES string of the molecule is NC1(C=C=O)CCCCCCN(OCc2ccccc2)C1=O. The van der Waals surface area contributed by atoms with Crippen LogP contribution in [0.25, 0.3) is 0 Å². The average molecular weight is 302 g/mol. The standard InChI is InChI=1S/C17H22N2O3/c18-17(11-13-20)10-6-1-2-7-12-19(16(17)21)22-14-15-8-4-3-5-9-15/h3-5,8-9,11H,1-2,6-7,10,12,14,18H2. The fourth-order valence-electron chi connectivity index (χ4n) is 2.56. The van der Waals surface area contributed by atoms with Gasteiger partial charge in [0.2, 0.25) is 0 Å². The van der Waals surface area contributed by atoms with Gasteiger partial charge in [-0.05, 0) is 18.4 Å². The monoisotopic (exact) mass is 302 g/mol. The van der Waals surface area contributed by atoms with Crippen LogP contribution in [-0.2, 0) is 21.0 Å². The fourth-order valence-corrected chi connectivity index (χ4v) is 2.56. The second kappa shape index (κ2) is 7.90. The molecule has 1 aliphatic rings. The van der Waals surface area contributed by atoms with E-state index in [4.69, 9.17) is 10.6 Å². The van der Waals surface area contributed by atoms with Gasteiger partial charge in [0, 0.05) is 12.6 Å². The number of carbonyl (C=O) groups excluding carboxylic acids is 2. The number of carbonyl (C=O) groups is 1. The van der Waals surface area contributed by atoms with Crippen LogP contribution in [0.2, 0.25) is 0 Å². The highest BCUT2D eigenvalue weighted by molar-refractivity contribution is 5.89. The van der Waals surface area contributed by atoms with E-state index in [2.05, 4.69) is 0 Å². The van der Waals surface area contributed by atoms with E-state index in [1.807, 2.05) is 30.3 Å². The predicted molar refractivity (Wildman–Crippen MR) is 83.2 cm³/mol. The molecule has 1 saturated heterocycles. The maximum atomic E-state index is 12.6. The molecule has 1 unspecified atom stereocenters. The van der Waals surface area contributed by atoms with Crippen LogP contribution >= 0.6 is 0 Å². The molecule has 0 aliphatic carbocycles. The molecule has 5 nitrogen and oxygen atoms in total. The van der Waals surface area contributed by atoms with Crippen LogP contribution in [0.4, 0.5) is 0 Å². The Labute approximate surface area is 130 Å². The highest BCUT2D eigenvalue weighted by Gasteiger charge is 2.36. The van der Waals surface area contributed by atoms with Gasteiger partial charge in [0.15, 0.2) is 0 Å². The summed E-state index contributed by atoms with van der Waals surface area (Å²) < 4.78 is 0. The van der Waals surface area contributed by atoms with Gasteiger partial charge >= 0.3 is 0 Å². The third kappa shape index (κ3) is 4.28. The Kier molecular flexibility index (Phi) is 5.90. The normalized spacial score (nSPS) is 23.1. The highest BCUT2D eigenvalue weighted by atomic mass is 16.7. The van der Waals surface area contributed by atoms with Crippen molar-refractivity contribution in [3.8, 4) is 0 Å². The molecule has 1 aromatic rings. The first-order valence-electron chi connectivity index (χ1n) is 7.65. The van der Waals surface area contributed by atoms with Gasteiger partial charge in [0.25, 0.3) is 5.91 Å². The van der Waals surface area contributed by atoms with Crippen LogP contribution in [0.15, 0.2) is 36.4 Å². The third-order valence-corrected chi connectivity index (χ3v) is 3.87. The van der Waals surface area contributed by atoms with E-state index in [0.29, 0.717) is 19.6 Å². The van der Waals surface area contributed by atoms with Gasteiger partial charge in [-0.25, -0.2) is 9.86 Å². The molecular formula is C17H22N2O3. The number of hydrogen-bond acceptors (Lipinski definition) is 4. The molecular weight excluding hydrogens is 280 g/mol. The van der Waals surface area contributed by atoms with Gasteiger partial charge < -0.3 is 5.73 Å². The smallest absolute Gasteiger partial charge is 0.270 e. The Morgan fingerprint density at radius 2 is 1.95 bits per heavy atom. The molecule has 0 aromatic heterocycles. The van der Waals surface area contributed by atoms with E-state index < -0.39 is 5.54 Å². The Morgan fingerprint density at radius 3 is 2.68 bits per heavy atom. The zero-order valence-corrected chi connectivity index (χ0v) is 12.7. The largest absolute Gasteiger partial charge is 0.313 e. The Morgan fingerprint density at radius 1 is 1.23 bits per heavy atom. The molecule has 22 heavy (non-hydrogen) atoms. The highest BCUT2D eigenvalue weighted by Crippen LogP contribution is 2.21. The first-order valence-corrected chi connectivity index (χ1v) is 7.65. The molecule has 1 heterocycles. The number of benzene rings is 1. The summed E-state index contributed by atoms with van der Waals surface area (Å²) in [5.41, 5.74) is 5.78. The molecule has 2 N–H and O–H groups in total. The van der Waals surface area contributed by atoms with E-state index in [1.54, 1.807) is 5.94 Å². The second-order valence-electron chi connectivity index (χ2n) is 5.63. The Balaban J connectivity index is 2.11. The number of hydrogen-bond donors (Lipinski definition) is 1. The van der Waals surface area contributed by atoms with Crippen molar-refractivity contribution in [2.75, 3.05) is 6.54 Å². The molecule has 1 atom stereocenters. The van der Waals surface area contributed by atoms with Gasteiger partial charge in [-0.2, -0.15) is 0 Å². The number of rotatable bonds is 4. The summed E-state index contributed by atoms with van der Waals surface area (Å²) in [5.74, 6) is 1.30. The van der Waals surface area contributed by atoms with Crippen molar-refractivity contribution in [3.63, 3.8) is 0 Å². The van der Waals surface area contributed by atoms with Crippen molar-refractivity contribution in [3.05, 3.63) is 42.0 Å².